The lowest BCUT2D eigenvalue weighted by atomic mass is 10.1. The van der Waals surface area contributed by atoms with Gasteiger partial charge in [0.05, 0.1) is 0 Å². The van der Waals surface area contributed by atoms with Crippen molar-refractivity contribution in [3.8, 4) is 0 Å². The lowest BCUT2D eigenvalue weighted by Crippen LogP contribution is -1.78. The molecule has 1 aliphatic rings. The molecule has 0 nitrogen and oxygen atoms in total. The van der Waals surface area contributed by atoms with Gasteiger partial charge in [-0.05, 0) is 25.7 Å². The molecule has 0 saturated heterocycles. The quantitative estimate of drug-likeness (QED) is 0.467. The summed E-state index contributed by atoms with van der Waals surface area (Å²) in [6.07, 6.45) is 38.5. The highest BCUT2D eigenvalue weighted by Crippen LogP contribution is 2.08. The number of hydrogen-bond acceptors (Lipinski definition) is 0. The topological polar surface area (TPSA) is 0 Å². The van der Waals surface area contributed by atoms with Crippen LogP contribution in [-0.2, 0) is 0 Å². The number of rotatable bonds is 0. The molecular weight excluding hydrogens is 252 g/mol. The van der Waals surface area contributed by atoms with E-state index in [9.17, 15) is 0 Å². The van der Waals surface area contributed by atoms with Crippen LogP contribution in [0.2, 0.25) is 0 Å². The first kappa shape index (κ1) is 17.2. The van der Waals surface area contributed by atoms with Crippen LogP contribution in [-0.4, -0.2) is 0 Å². The minimum atomic E-state index is 1.20. The summed E-state index contributed by atoms with van der Waals surface area (Å²) in [6.45, 7) is 0. The van der Waals surface area contributed by atoms with Gasteiger partial charge in [0.25, 0.3) is 0 Å². The molecule has 0 saturated carbocycles. The molecule has 0 heteroatoms. The zero-order chi connectivity index (χ0) is 14.8. The minimum Gasteiger partial charge on any atom is -0.0845 e. The molecule has 112 valence electrons. The van der Waals surface area contributed by atoms with Crippen LogP contribution in [0.15, 0.2) is 85.1 Å². The normalized spacial score (nSPS) is 18.7. The van der Waals surface area contributed by atoms with E-state index in [1.54, 1.807) is 0 Å². The van der Waals surface area contributed by atoms with Crippen molar-refractivity contribution in [1.82, 2.24) is 0 Å². The summed E-state index contributed by atoms with van der Waals surface area (Å²) in [6, 6.07) is 0. The second-order valence-corrected chi connectivity index (χ2v) is 5.13. The molecule has 0 bridgehead atoms. The van der Waals surface area contributed by atoms with Crippen molar-refractivity contribution in [2.45, 2.75) is 44.9 Å². The minimum absolute atomic E-state index is 1.20. The lowest BCUT2D eigenvalue weighted by Gasteiger charge is -1.97. The van der Waals surface area contributed by atoms with Crippen LogP contribution >= 0.6 is 0 Å². The monoisotopic (exact) mass is 280 g/mol. The van der Waals surface area contributed by atoms with Gasteiger partial charge in [-0.1, -0.05) is 104 Å². The van der Waals surface area contributed by atoms with Crippen LogP contribution in [0.1, 0.15) is 44.9 Å². The Morgan fingerprint density at radius 3 is 0.952 bits per heavy atom. The Bertz CT molecular complexity index is 385. The molecule has 0 aromatic heterocycles. The fourth-order valence-electron chi connectivity index (χ4n) is 2.05. The first-order valence-electron chi connectivity index (χ1n) is 8.15. The molecule has 0 fully saturated rings. The zero-order valence-electron chi connectivity index (χ0n) is 13.0. The van der Waals surface area contributed by atoms with Crippen molar-refractivity contribution in [1.29, 1.82) is 0 Å². The van der Waals surface area contributed by atoms with Crippen LogP contribution in [0.25, 0.3) is 0 Å². The summed E-state index contributed by atoms with van der Waals surface area (Å²) >= 11 is 0. The van der Waals surface area contributed by atoms with Crippen molar-refractivity contribution in [3.05, 3.63) is 85.1 Å². The Hall–Kier alpha value is -1.82. The summed E-state index contributed by atoms with van der Waals surface area (Å²) < 4.78 is 0. The zero-order valence-corrected chi connectivity index (χ0v) is 13.0. The van der Waals surface area contributed by atoms with E-state index in [0.717, 1.165) is 0 Å². The highest BCUT2D eigenvalue weighted by molar-refractivity contribution is 5.20. The smallest absolute Gasteiger partial charge is 0.0348 e. The van der Waals surface area contributed by atoms with E-state index in [2.05, 4.69) is 60.8 Å². The van der Waals surface area contributed by atoms with Crippen LogP contribution in [0.5, 0.6) is 0 Å². The first-order valence-corrected chi connectivity index (χ1v) is 8.15. The summed E-state index contributed by atoms with van der Waals surface area (Å²) in [7, 11) is 0. The van der Waals surface area contributed by atoms with E-state index in [-0.39, 0.29) is 0 Å². The SMILES string of the molecule is C1=CC=CC=CC=CCCCCCCCC=CC=CC=C1. The molecule has 0 unspecified atom stereocenters. The van der Waals surface area contributed by atoms with Gasteiger partial charge in [-0.2, -0.15) is 0 Å². The molecule has 1 rings (SSSR count). The molecule has 0 aromatic carbocycles. The third kappa shape index (κ3) is 12.9. The van der Waals surface area contributed by atoms with E-state index in [4.69, 9.17) is 0 Å². The lowest BCUT2D eigenvalue weighted by molar-refractivity contribution is 0.622. The Labute approximate surface area is 130 Å². The van der Waals surface area contributed by atoms with Crippen molar-refractivity contribution in [2.24, 2.45) is 0 Å². The highest BCUT2D eigenvalue weighted by atomic mass is 13.9. The molecule has 0 aliphatic heterocycles. The van der Waals surface area contributed by atoms with Crippen LogP contribution in [0.3, 0.4) is 0 Å². The van der Waals surface area contributed by atoms with Gasteiger partial charge >= 0.3 is 0 Å². The van der Waals surface area contributed by atoms with E-state index >= 15 is 0 Å². The van der Waals surface area contributed by atoms with Crippen molar-refractivity contribution >= 4 is 0 Å². The van der Waals surface area contributed by atoms with E-state index in [1.165, 1.54) is 44.9 Å². The molecule has 0 atom stereocenters. The van der Waals surface area contributed by atoms with Crippen molar-refractivity contribution < 1.29 is 0 Å². The first-order chi connectivity index (χ1) is 10.5. The third-order valence-electron chi connectivity index (χ3n) is 3.24. The van der Waals surface area contributed by atoms with Crippen LogP contribution in [0, 0.1) is 0 Å². The molecule has 0 spiro atoms. The Morgan fingerprint density at radius 2 is 0.571 bits per heavy atom. The Balaban J connectivity index is 2.42. The summed E-state index contributed by atoms with van der Waals surface area (Å²) in [5.41, 5.74) is 0. The van der Waals surface area contributed by atoms with Gasteiger partial charge < -0.3 is 0 Å². The average molecular weight is 280 g/mol. The summed E-state index contributed by atoms with van der Waals surface area (Å²) in [5.74, 6) is 0. The third-order valence-corrected chi connectivity index (χ3v) is 3.24. The molecule has 0 N–H and O–H groups in total. The van der Waals surface area contributed by atoms with Gasteiger partial charge in [0.2, 0.25) is 0 Å². The number of hydrogen-bond donors (Lipinski definition) is 0. The fraction of sp³-hybridized carbons (Fsp3) is 0.333. The molecule has 0 radical (unpaired) electrons. The van der Waals surface area contributed by atoms with E-state index in [1.807, 2.05) is 24.3 Å². The molecule has 0 aromatic rings. The van der Waals surface area contributed by atoms with E-state index in [0.29, 0.717) is 0 Å². The second kappa shape index (κ2) is 14.6. The van der Waals surface area contributed by atoms with Crippen LogP contribution < -0.4 is 0 Å². The van der Waals surface area contributed by atoms with Gasteiger partial charge in [0.1, 0.15) is 0 Å². The van der Waals surface area contributed by atoms with Crippen molar-refractivity contribution in [2.75, 3.05) is 0 Å². The molecule has 0 amide bonds. The van der Waals surface area contributed by atoms with Crippen LogP contribution in [0.4, 0.5) is 0 Å². The Morgan fingerprint density at radius 1 is 0.286 bits per heavy atom. The molecule has 1 aliphatic carbocycles. The summed E-state index contributed by atoms with van der Waals surface area (Å²) in [4.78, 5) is 0. The standard InChI is InChI=1S/C21H28/c1-2-4-6-8-10-12-14-16-18-20-21-19-17-15-13-11-9-7-5-3-1/h1-14H,15-21H2. The molecular formula is C21H28. The van der Waals surface area contributed by atoms with Gasteiger partial charge in [-0.3, -0.25) is 0 Å². The highest BCUT2D eigenvalue weighted by Gasteiger charge is 1.88. The summed E-state index contributed by atoms with van der Waals surface area (Å²) in [5, 5.41) is 0. The second-order valence-electron chi connectivity index (χ2n) is 5.13. The fourth-order valence-corrected chi connectivity index (χ4v) is 2.05. The average Bonchev–Trinajstić information content (AvgIpc) is 2.50. The maximum Gasteiger partial charge on any atom is -0.0348 e. The van der Waals surface area contributed by atoms with Gasteiger partial charge in [-0.25, -0.2) is 0 Å². The van der Waals surface area contributed by atoms with Crippen molar-refractivity contribution in [3.63, 3.8) is 0 Å². The van der Waals surface area contributed by atoms with E-state index < -0.39 is 0 Å². The van der Waals surface area contributed by atoms with Gasteiger partial charge in [0, 0.05) is 0 Å². The predicted molar refractivity (Wildman–Crippen MR) is 96.3 cm³/mol. The Kier molecular flexibility index (Phi) is 12.0. The largest absolute Gasteiger partial charge is 0.0845 e. The molecule has 21 heavy (non-hydrogen) atoms. The predicted octanol–water partition coefficient (Wildman–Crippen LogP) is 6.62. The number of allylic oxidation sites excluding steroid dienone is 14. The maximum atomic E-state index is 2.26. The maximum absolute atomic E-state index is 2.26. The molecule has 0 heterocycles. The van der Waals surface area contributed by atoms with Gasteiger partial charge in [-0.15, -0.1) is 0 Å². The van der Waals surface area contributed by atoms with Gasteiger partial charge in [0.15, 0.2) is 0 Å².